The van der Waals surface area contributed by atoms with Gasteiger partial charge in [-0.05, 0) is 30.5 Å². The third-order valence-electron chi connectivity index (χ3n) is 4.71. The number of piperidine rings is 1. The van der Waals surface area contributed by atoms with Crippen LogP contribution < -0.4 is 0 Å². The third-order valence-corrected chi connectivity index (χ3v) is 4.71. The summed E-state index contributed by atoms with van der Waals surface area (Å²) in [7, 11) is 0. The molecule has 0 spiro atoms. The lowest BCUT2D eigenvalue weighted by atomic mass is 9.75. The molecule has 0 bridgehead atoms. The van der Waals surface area contributed by atoms with E-state index in [9.17, 15) is 4.79 Å². The maximum atomic E-state index is 12.3. The lowest BCUT2D eigenvalue weighted by Crippen LogP contribution is -2.47. The van der Waals surface area contributed by atoms with Gasteiger partial charge < -0.3 is 4.90 Å². The summed E-state index contributed by atoms with van der Waals surface area (Å²) in [4.78, 5) is 18.7. The molecule has 0 N–H and O–H groups in total. The Morgan fingerprint density at radius 2 is 1.95 bits per heavy atom. The molecule has 0 unspecified atom stereocenters. The smallest absolute Gasteiger partial charge is 0.222 e. The van der Waals surface area contributed by atoms with Crippen molar-refractivity contribution in [3.05, 3.63) is 65.5 Å². The van der Waals surface area contributed by atoms with Crippen LogP contribution in [0.5, 0.6) is 0 Å². The van der Waals surface area contributed by atoms with Crippen molar-refractivity contribution in [3.8, 4) is 0 Å². The minimum atomic E-state index is 0.0256. The van der Waals surface area contributed by atoms with E-state index in [-0.39, 0.29) is 11.3 Å². The molecule has 1 aliphatic rings. The largest absolute Gasteiger partial charge is 0.336 e. The Balaban J connectivity index is 1.83. The van der Waals surface area contributed by atoms with Crippen molar-refractivity contribution >= 4 is 5.91 Å². The predicted molar refractivity (Wildman–Crippen MR) is 87.4 cm³/mol. The van der Waals surface area contributed by atoms with Gasteiger partial charge in [0.05, 0.1) is 12.2 Å². The van der Waals surface area contributed by atoms with E-state index in [4.69, 9.17) is 0 Å². The molecule has 1 atom stereocenters. The fraction of sp³-hybridized carbons (Fsp3) is 0.368. The molecular formula is C19H22N2O. The van der Waals surface area contributed by atoms with Crippen molar-refractivity contribution in [2.75, 3.05) is 6.54 Å². The minimum absolute atomic E-state index is 0.0256. The first-order chi connectivity index (χ1) is 10.6. The second-order valence-corrected chi connectivity index (χ2v) is 6.44. The zero-order valence-electron chi connectivity index (χ0n) is 13.2. The zero-order chi connectivity index (χ0) is 15.6. The number of hydrogen-bond donors (Lipinski definition) is 0. The minimum Gasteiger partial charge on any atom is -0.336 e. The number of aryl methyl sites for hydroxylation is 1. The normalized spacial score (nSPS) is 21.9. The van der Waals surface area contributed by atoms with Gasteiger partial charge in [0, 0.05) is 24.6 Å². The van der Waals surface area contributed by atoms with Gasteiger partial charge in [-0.2, -0.15) is 0 Å². The Labute approximate surface area is 132 Å². The molecule has 1 aromatic carbocycles. The Hall–Kier alpha value is -2.16. The summed E-state index contributed by atoms with van der Waals surface area (Å²) in [6.45, 7) is 5.67. The molecule has 22 heavy (non-hydrogen) atoms. The summed E-state index contributed by atoms with van der Waals surface area (Å²) in [6.07, 6.45) is 3.32. The quantitative estimate of drug-likeness (QED) is 0.868. The average Bonchev–Trinajstić information content (AvgIpc) is 2.54. The number of pyridine rings is 1. The van der Waals surface area contributed by atoms with Crippen LogP contribution in [0.25, 0.3) is 0 Å². The Kier molecular flexibility index (Phi) is 3.97. The molecule has 2 aromatic rings. The first-order valence-electron chi connectivity index (χ1n) is 7.82. The van der Waals surface area contributed by atoms with Crippen LogP contribution in [-0.2, 0) is 16.8 Å². The van der Waals surface area contributed by atoms with Crippen molar-refractivity contribution in [1.82, 2.24) is 9.88 Å². The van der Waals surface area contributed by atoms with Crippen LogP contribution >= 0.6 is 0 Å². The number of nitrogens with zero attached hydrogens (tertiary/aromatic N) is 2. The standard InChI is InChI=1S/C19H22N2O/c1-15-7-6-12-20-17(15)13-21-14-19(2,11-10-18(21)22)16-8-4-3-5-9-16/h3-9,12H,10-11,13-14H2,1-2H3/t19-/m0/s1. The van der Waals surface area contributed by atoms with Crippen LogP contribution in [0.4, 0.5) is 0 Å². The number of likely N-dealkylation sites (tertiary alicyclic amines) is 1. The highest BCUT2D eigenvalue weighted by atomic mass is 16.2. The summed E-state index contributed by atoms with van der Waals surface area (Å²) in [5.41, 5.74) is 3.47. The van der Waals surface area contributed by atoms with E-state index in [1.165, 1.54) is 5.56 Å². The van der Waals surface area contributed by atoms with Crippen LogP contribution in [0.15, 0.2) is 48.7 Å². The van der Waals surface area contributed by atoms with E-state index in [0.717, 1.165) is 24.2 Å². The van der Waals surface area contributed by atoms with Crippen molar-refractivity contribution in [1.29, 1.82) is 0 Å². The molecule has 3 heteroatoms. The van der Waals surface area contributed by atoms with Gasteiger partial charge in [-0.15, -0.1) is 0 Å². The van der Waals surface area contributed by atoms with Crippen molar-refractivity contribution in [2.24, 2.45) is 0 Å². The maximum Gasteiger partial charge on any atom is 0.222 e. The molecule has 1 aliphatic heterocycles. The lowest BCUT2D eigenvalue weighted by molar-refractivity contribution is -0.136. The zero-order valence-corrected chi connectivity index (χ0v) is 13.2. The lowest BCUT2D eigenvalue weighted by Gasteiger charge is -2.40. The van der Waals surface area contributed by atoms with Gasteiger partial charge in [0.2, 0.25) is 5.91 Å². The molecule has 0 aliphatic carbocycles. The van der Waals surface area contributed by atoms with Crippen LogP contribution in [-0.4, -0.2) is 22.3 Å². The van der Waals surface area contributed by atoms with Gasteiger partial charge >= 0.3 is 0 Å². The molecular weight excluding hydrogens is 272 g/mol. The van der Waals surface area contributed by atoms with Gasteiger partial charge in [-0.1, -0.05) is 43.3 Å². The van der Waals surface area contributed by atoms with Gasteiger partial charge in [-0.3, -0.25) is 9.78 Å². The Morgan fingerprint density at radius 3 is 2.68 bits per heavy atom. The summed E-state index contributed by atoms with van der Waals surface area (Å²) in [5.74, 6) is 0.235. The van der Waals surface area contributed by atoms with Crippen LogP contribution in [0.1, 0.15) is 36.6 Å². The summed E-state index contributed by atoms with van der Waals surface area (Å²) >= 11 is 0. The second-order valence-electron chi connectivity index (χ2n) is 6.44. The summed E-state index contributed by atoms with van der Waals surface area (Å²) in [5, 5.41) is 0. The van der Waals surface area contributed by atoms with E-state index in [1.54, 1.807) is 6.20 Å². The second kappa shape index (κ2) is 5.91. The first kappa shape index (κ1) is 14.8. The van der Waals surface area contributed by atoms with E-state index in [2.05, 4.69) is 36.2 Å². The number of amides is 1. The van der Waals surface area contributed by atoms with Crippen LogP contribution in [0.3, 0.4) is 0 Å². The SMILES string of the molecule is Cc1cccnc1CN1C[C@@](C)(c2ccccc2)CCC1=O. The Bertz CT molecular complexity index is 668. The van der Waals surface area contributed by atoms with E-state index in [0.29, 0.717) is 13.0 Å². The average molecular weight is 294 g/mol. The summed E-state index contributed by atoms with van der Waals surface area (Å²) in [6, 6.07) is 14.5. The number of carbonyl (C=O) groups is 1. The number of rotatable bonds is 3. The molecule has 0 radical (unpaired) electrons. The highest BCUT2D eigenvalue weighted by Crippen LogP contribution is 2.34. The molecule has 3 nitrogen and oxygen atoms in total. The molecule has 0 saturated carbocycles. The van der Waals surface area contributed by atoms with Crippen molar-refractivity contribution in [2.45, 2.75) is 38.6 Å². The van der Waals surface area contributed by atoms with Gasteiger partial charge in [0.1, 0.15) is 0 Å². The predicted octanol–water partition coefficient (Wildman–Crippen LogP) is 3.47. The van der Waals surface area contributed by atoms with Crippen molar-refractivity contribution in [3.63, 3.8) is 0 Å². The Morgan fingerprint density at radius 1 is 1.18 bits per heavy atom. The highest BCUT2D eigenvalue weighted by Gasteiger charge is 2.36. The molecule has 1 aromatic heterocycles. The molecule has 1 amide bonds. The van der Waals surface area contributed by atoms with Gasteiger partial charge in [0.15, 0.2) is 0 Å². The summed E-state index contributed by atoms with van der Waals surface area (Å²) < 4.78 is 0. The highest BCUT2D eigenvalue weighted by molar-refractivity contribution is 5.77. The van der Waals surface area contributed by atoms with Gasteiger partial charge in [0.25, 0.3) is 0 Å². The molecule has 2 heterocycles. The molecule has 114 valence electrons. The number of aromatic nitrogens is 1. The van der Waals surface area contributed by atoms with E-state index >= 15 is 0 Å². The van der Waals surface area contributed by atoms with Crippen LogP contribution in [0, 0.1) is 6.92 Å². The molecule has 1 saturated heterocycles. The van der Waals surface area contributed by atoms with E-state index in [1.807, 2.05) is 30.0 Å². The fourth-order valence-electron chi connectivity index (χ4n) is 3.21. The third kappa shape index (κ3) is 2.89. The number of carbonyl (C=O) groups excluding carboxylic acids is 1. The number of benzene rings is 1. The molecule has 1 fully saturated rings. The van der Waals surface area contributed by atoms with Crippen LogP contribution in [0.2, 0.25) is 0 Å². The molecule has 3 rings (SSSR count). The first-order valence-corrected chi connectivity index (χ1v) is 7.82. The monoisotopic (exact) mass is 294 g/mol. The maximum absolute atomic E-state index is 12.3. The van der Waals surface area contributed by atoms with E-state index < -0.39 is 0 Å². The number of hydrogen-bond acceptors (Lipinski definition) is 2. The van der Waals surface area contributed by atoms with Gasteiger partial charge in [-0.25, -0.2) is 0 Å². The van der Waals surface area contributed by atoms with Crippen molar-refractivity contribution < 1.29 is 4.79 Å². The topological polar surface area (TPSA) is 33.2 Å². The fourth-order valence-corrected chi connectivity index (χ4v) is 3.21.